The Bertz CT molecular complexity index is 252. The Morgan fingerprint density at radius 1 is 0.367 bits per heavy atom. The second-order valence-corrected chi connectivity index (χ2v) is 9.47. The highest BCUT2D eigenvalue weighted by Crippen LogP contribution is 2.13. The molecule has 0 aromatic heterocycles. The molecular weight excluding hydrogens is 368 g/mol. The van der Waals surface area contributed by atoms with Gasteiger partial charge in [0.25, 0.3) is 0 Å². The third kappa shape index (κ3) is 27.9. The topological polar surface area (TPSA) is 29.5 Å². The zero-order chi connectivity index (χ0) is 21.8. The highest BCUT2D eigenvalue weighted by Gasteiger charge is 1.96. The summed E-state index contributed by atoms with van der Waals surface area (Å²) in [4.78, 5) is 0. The molecule has 0 unspecified atom stereocenters. The van der Waals surface area contributed by atoms with Gasteiger partial charge in [0, 0.05) is 19.8 Å². The molecule has 0 fully saturated rings. The Morgan fingerprint density at radius 3 is 0.933 bits per heavy atom. The molecule has 0 aliphatic heterocycles. The molecule has 0 spiro atoms. The Labute approximate surface area is 191 Å². The summed E-state index contributed by atoms with van der Waals surface area (Å²) >= 11 is 0. The summed E-state index contributed by atoms with van der Waals surface area (Å²) in [6.07, 6.45) is 32.8. The SMILES string of the molecule is CCCCCCCCCCCCCOCCCCCCCCCCCCCCCO. The zero-order valence-corrected chi connectivity index (χ0v) is 20.9. The molecule has 0 heterocycles. The number of aliphatic hydroxyl groups is 1. The highest BCUT2D eigenvalue weighted by atomic mass is 16.5. The van der Waals surface area contributed by atoms with E-state index in [1.165, 1.54) is 148 Å². The van der Waals surface area contributed by atoms with E-state index in [2.05, 4.69) is 6.92 Å². The van der Waals surface area contributed by atoms with Crippen molar-refractivity contribution in [3.8, 4) is 0 Å². The van der Waals surface area contributed by atoms with Gasteiger partial charge in [-0.05, 0) is 19.3 Å². The number of ether oxygens (including phenoxy) is 1. The minimum Gasteiger partial charge on any atom is -0.396 e. The van der Waals surface area contributed by atoms with Crippen LogP contribution in [0.1, 0.15) is 161 Å². The monoisotopic (exact) mass is 426 g/mol. The minimum atomic E-state index is 0.367. The maximum atomic E-state index is 8.75. The lowest BCUT2D eigenvalue weighted by molar-refractivity contribution is 0.125. The molecule has 0 aliphatic carbocycles. The largest absolute Gasteiger partial charge is 0.396 e. The van der Waals surface area contributed by atoms with Crippen molar-refractivity contribution in [2.24, 2.45) is 0 Å². The van der Waals surface area contributed by atoms with Crippen molar-refractivity contribution in [2.45, 2.75) is 161 Å². The van der Waals surface area contributed by atoms with Crippen LogP contribution in [0.3, 0.4) is 0 Å². The molecule has 30 heavy (non-hydrogen) atoms. The van der Waals surface area contributed by atoms with Gasteiger partial charge in [0.05, 0.1) is 0 Å². The van der Waals surface area contributed by atoms with Crippen molar-refractivity contribution < 1.29 is 9.84 Å². The highest BCUT2D eigenvalue weighted by molar-refractivity contribution is 4.50. The van der Waals surface area contributed by atoms with E-state index in [4.69, 9.17) is 9.84 Å². The van der Waals surface area contributed by atoms with Crippen LogP contribution in [0.5, 0.6) is 0 Å². The average Bonchev–Trinajstić information content (AvgIpc) is 2.76. The van der Waals surface area contributed by atoms with Gasteiger partial charge >= 0.3 is 0 Å². The van der Waals surface area contributed by atoms with Gasteiger partial charge in [-0.15, -0.1) is 0 Å². The molecule has 0 bridgehead atoms. The summed E-state index contributed by atoms with van der Waals surface area (Å²) in [7, 11) is 0. The Balaban J connectivity index is 2.97. The first-order valence-corrected chi connectivity index (χ1v) is 14.1. The van der Waals surface area contributed by atoms with Crippen LogP contribution in [0, 0.1) is 0 Å². The van der Waals surface area contributed by atoms with E-state index in [9.17, 15) is 0 Å². The van der Waals surface area contributed by atoms with E-state index in [1.54, 1.807) is 0 Å². The van der Waals surface area contributed by atoms with Crippen LogP contribution in [0.4, 0.5) is 0 Å². The molecule has 2 nitrogen and oxygen atoms in total. The van der Waals surface area contributed by atoms with Gasteiger partial charge in [0.15, 0.2) is 0 Å². The molecule has 0 aromatic carbocycles. The Kier molecular flexibility index (Phi) is 28.8. The van der Waals surface area contributed by atoms with E-state index in [0.717, 1.165) is 19.6 Å². The second-order valence-electron chi connectivity index (χ2n) is 9.47. The fourth-order valence-electron chi connectivity index (χ4n) is 4.23. The number of hydrogen-bond donors (Lipinski definition) is 1. The van der Waals surface area contributed by atoms with Gasteiger partial charge in [-0.3, -0.25) is 0 Å². The number of aliphatic hydroxyl groups excluding tert-OH is 1. The first-order valence-electron chi connectivity index (χ1n) is 14.1. The molecule has 0 atom stereocenters. The summed E-state index contributed by atoms with van der Waals surface area (Å²) in [6, 6.07) is 0. The van der Waals surface area contributed by atoms with Crippen LogP contribution in [0.2, 0.25) is 0 Å². The summed E-state index contributed by atoms with van der Waals surface area (Å²) in [6.45, 7) is 4.62. The lowest BCUT2D eigenvalue weighted by atomic mass is 10.0. The van der Waals surface area contributed by atoms with Crippen molar-refractivity contribution in [3.63, 3.8) is 0 Å². The van der Waals surface area contributed by atoms with Crippen molar-refractivity contribution in [3.05, 3.63) is 0 Å². The van der Waals surface area contributed by atoms with Crippen LogP contribution in [0.25, 0.3) is 0 Å². The molecule has 0 saturated heterocycles. The third-order valence-electron chi connectivity index (χ3n) is 6.34. The van der Waals surface area contributed by atoms with Gasteiger partial charge in [0.2, 0.25) is 0 Å². The van der Waals surface area contributed by atoms with Gasteiger partial charge in [-0.25, -0.2) is 0 Å². The lowest BCUT2D eigenvalue weighted by Crippen LogP contribution is -1.97. The van der Waals surface area contributed by atoms with Gasteiger partial charge in [-0.2, -0.15) is 0 Å². The summed E-state index contributed by atoms with van der Waals surface area (Å²) in [5.74, 6) is 0. The van der Waals surface area contributed by atoms with Gasteiger partial charge in [-0.1, -0.05) is 142 Å². The molecule has 182 valence electrons. The van der Waals surface area contributed by atoms with Crippen LogP contribution in [-0.2, 0) is 4.74 Å². The maximum absolute atomic E-state index is 8.75. The van der Waals surface area contributed by atoms with E-state index < -0.39 is 0 Å². The normalized spacial score (nSPS) is 11.4. The summed E-state index contributed by atoms with van der Waals surface area (Å²) < 4.78 is 5.81. The lowest BCUT2D eigenvalue weighted by Gasteiger charge is -2.05. The Morgan fingerprint density at radius 2 is 0.633 bits per heavy atom. The first kappa shape index (κ1) is 29.9. The van der Waals surface area contributed by atoms with Gasteiger partial charge in [0.1, 0.15) is 0 Å². The van der Waals surface area contributed by atoms with Crippen LogP contribution in [0.15, 0.2) is 0 Å². The van der Waals surface area contributed by atoms with Crippen molar-refractivity contribution in [1.29, 1.82) is 0 Å². The van der Waals surface area contributed by atoms with Gasteiger partial charge < -0.3 is 9.84 Å². The first-order chi connectivity index (χ1) is 14.9. The Hall–Kier alpha value is -0.0800. The molecule has 0 rings (SSSR count). The molecule has 1 N–H and O–H groups in total. The van der Waals surface area contributed by atoms with E-state index in [-0.39, 0.29) is 0 Å². The van der Waals surface area contributed by atoms with E-state index >= 15 is 0 Å². The van der Waals surface area contributed by atoms with Crippen molar-refractivity contribution in [1.82, 2.24) is 0 Å². The maximum Gasteiger partial charge on any atom is 0.0466 e. The number of hydrogen-bond acceptors (Lipinski definition) is 2. The molecule has 0 amide bonds. The summed E-state index contributed by atoms with van der Waals surface area (Å²) in [5, 5.41) is 8.75. The molecule has 0 saturated carbocycles. The van der Waals surface area contributed by atoms with Crippen LogP contribution in [-0.4, -0.2) is 24.9 Å². The molecular formula is C28H58O2. The fourth-order valence-corrected chi connectivity index (χ4v) is 4.23. The predicted molar refractivity (Wildman–Crippen MR) is 134 cm³/mol. The molecule has 0 radical (unpaired) electrons. The predicted octanol–water partition coefficient (Wildman–Crippen LogP) is 9.38. The molecule has 0 aromatic rings. The minimum absolute atomic E-state index is 0.367. The molecule has 2 heteroatoms. The number of rotatable bonds is 27. The second kappa shape index (κ2) is 28.9. The third-order valence-corrected chi connectivity index (χ3v) is 6.34. The zero-order valence-electron chi connectivity index (χ0n) is 20.9. The van der Waals surface area contributed by atoms with Crippen molar-refractivity contribution >= 4 is 0 Å². The van der Waals surface area contributed by atoms with E-state index in [0.29, 0.717) is 6.61 Å². The number of unbranched alkanes of at least 4 members (excludes halogenated alkanes) is 22. The summed E-state index contributed by atoms with van der Waals surface area (Å²) in [5.41, 5.74) is 0. The smallest absolute Gasteiger partial charge is 0.0466 e. The average molecular weight is 427 g/mol. The van der Waals surface area contributed by atoms with Crippen molar-refractivity contribution in [2.75, 3.05) is 19.8 Å². The van der Waals surface area contributed by atoms with E-state index in [1.807, 2.05) is 0 Å². The quantitative estimate of drug-likeness (QED) is 0.133. The van der Waals surface area contributed by atoms with Crippen LogP contribution < -0.4 is 0 Å². The standard InChI is InChI=1S/C28H58O2/c1-2-3-4-5-6-7-12-15-18-21-24-27-30-28-25-22-19-16-13-10-8-9-11-14-17-20-23-26-29/h29H,2-28H2,1H3. The fraction of sp³-hybridized carbons (Fsp3) is 1.00. The molecule has 0 aliphatic rings. The van der Waals surface area contributed by atoms with Crippen LogP contribution >= 0.6 is 0 Å².